The van der Waals surface area contributed by atoms with Crippen molar-refractivity contribution in [2.24, 2.45) is 0 Å². The van der Waals surface area contributed by atoms with Gasteiger partial charge in [0.1, 0.15) is 10.5 Å². The Bertz CT molecular complexity index is 748. The van der Waals surface area contributed by atoms with Crippen molar-refractivity contribution in [3.63, 3.8) is 0 Å². The van der Waals surface area contributed by atoms with E-state index in [1.807, 2.05) is 0 Å². The Kier molecular flexibility index (Phi) is 23.5. The summed E-state index contributed by atoms with van der Waals surface area (Å²) >= 11 is 12.3. The van der Waals surface area contributed by atoms with Gasteiger partial charge in [0.15, 0.2) is 0 Å². The van der Waals surface area contributed by atoms with Crippen LogP contribution in [0.2, 0.25) is 0 Å². The molecule has 0 aromatic carbocycles. The number of esters is 4. The van der Waals surface area contributed by atoms with Gasteiger partial charge in [-0.05, 0) is 51.3 Å². The van der Waals surface area contributed by atoms with E-state index in [9.17, 15) is 19.2 Å². The molecule has 0 saturated heterocycles. The van der Waals surface area contributed by atoms with Crippen molar-refractivity contribution in [3.05, 3.63) is 0 Å². The Morgan fingerprint density at radius 3 is 1.05 bits per heavy atom. The van der Waals surface area contributed by atoms with Crippen LogP contribution in [0.5, 0.6) is 0 Å². The average molecular weight is 661 g/mol. The van der Waals surface area contributed by atoms with Crippen molar-refractivity contribution in [1.29, 1.82) is 0 Å². The summed E-state index contributed by atoms with van der Waals surface area (Å²) in [6.45, 7) is 7.71. The maximum Gasteiger partial charge on any atom is 0.320 e. The van der Waals surface area contributed by atoms with Gasteiger partial charge in [0.25, 0.3) is 0 Å². The predicted molar refractivity (Wildman–Crippen MR) is 155 cm³/mol. The second kappa shape index (κ2) is 22.4. The fraction of sp³-hybridized carbons (Fsp3) is 0.800. The first kappa shape index (κ1) is 39.9. The highest BCUT2D eigenvalue weighted by Gasteiger charge is 2.33. The standard InChI is InChI=1S/2C10H19O6PS2/c2*1-5-15-9(11)7-8(10(12)16-6-2)19-17(18,13-3)14-4/h2*8H,5-7H2,1-4H3. The van der Waals surface area contributed by atoms with Crippen molar-refractivity contribution in [1.82, 2.24) is 0 Å². The molecule has 0 aliphatic rings. The fourth-order valence-electron chi connectivity index (χ4n) is 2.17. The van der Waals surface area contributed by atoms with Crippen LogP contribution in [0, 0.1) is 0 Å². The first-order chi connectivity index (χ1) is 17.8. The maximum absolute atomic E-state index is 11.8. The van der Waals surface area contributed by atoms with Crippen molar-refractivity contribution in [2.45, 2.75) is 51.0 Å². The van der Waals surface area contributed by atoms with Crippen LogP contribution >= 0.6 is 34.2 Å². The lowest BCUT2D eigenvalue weighted by molar-refractivity contribution is -0.149. The number of carbonyl (C=O) groups excluding carboxylic acids is 4. The Morgan fingerprint density at radius 2 is 0.842 bits per heavy atom. The third-order valence-corrected chi connectivity index (χ3v) is 15.6. The molecule has 0 saturated carbocycles. The molecule has 0 spiro atoms. The van der Waals surface area contributed by atoms with Crippen LogP contribution in [-0.4, -0.2) is 89.2 Å². The SMILES string of the molecule is CCOC(=O)CC(SP(=S)(OC)OC)C(=O)OCC.CCOC(=O)CC(SP(=S)(OC)OC)C(=O)OCC. The minimum atomic E-state index is -2.65. The van der Waals surface area contributed by atoms with E-state index >= 15 is 0 Å². The Balaban J connectivity index is 0. The summed E-state index contributed by atoms with van der Waals surface area (Å²) in [7, 11) is 5.63. The van der Waals surface area contributed by atoms with Gasteiger partial charge in [0.2, 0.25) is 11.4 Å². The van der Waals surface area contributed by atoms with Crippen LogP contribution in [0.1, 0.15) is 40.5 Å². The minimum Gasteiger partial charge on any atom is -0.466 e. The van der Waals surface area contributed by atoms with Gasteiger partial charge in [0, 0.05) is 28.4 Å². The molecule has 2 unspecified atom stereocenters. The van der Waals surface area contributed by atoms with Gasteiger partial charge in [-0.1, -0.05) is 22.8 Å². The molecule has 0 aromatic rings. The zero-order valence-electron chi connectivity index (χ0n) is 22.8. The molecule has 0 aliphatic carbocycles. The van der Waals surface area contributed by atoms with Gasteiger partial charge in [-0.15, -0.1) is 0 Å². The molecule has 0 bridgehead atoms. The zero-order valence-corrected chi connectivity index (χ0v) is 27.9. The zero-order chi connectivity index (χ0) is 29.8. The molecule has 2 atom stereocenters. The van der Waals surface area contributed by atoms with Crippen molar-refractivity contribution in [2.75, 3.05) is 54.9 Å². The molecular weight excluding hydrogens is 622 g/mol. The highest BCUT2D eigenvalue weighted by Crippen LogP contribution is 2.62. The monoisotopic (exact) mass is 660 g/mol. The van der Waals surface area contributed by atoms with Gasteiger partial charge in [0.05, 0.1) is 39.3 Å². The van der Waals surface area contributed by atoms with Gasteiger partial charge in [-0.3, -0.25) is 19.2 Å². The van der Waals surface area contributed by atoms with Crippen molar-refractivity contribution < 1.29 is 56.2 Å². The van der Waals surface area contributed by atoms with Crippen LogP contribution in [0.15, 0.2) is 0 Å². The summed E-state index contributed by atoms with van der Waals surface area (Å²) in [6.07, 6.45) is -0.245. The van der Waals surface area contributed by atoms with Gasteiger partial charge < -0.3 is 37.0 Å². The molecule has 0 amide bonds. The number of rotatable bonds is 18. The van der Waals surface area contributed by atoms with Crippen LogP contribution < -0.4 is 0 Å². The molecule has 0 radical (unpaired) electrons. The second-order valence-corrected chi connectivity index (χ2v) is 19.6. The topological polar surface area (TPSA) is 142 Å². The first-order valence-corrected chi connectivity index (χ1v) is 19.5. The van der Waals surface area contributed by atoms with Gasteiger partial charge >= 0.3 is 23.9 Å². The quantitative estimate of drug-likeness (QED) is 0.117. The van der Waals surface area contributed by atoms with E-state index in [1.165, 1.54) is 28.4 Å². The molecule has 0 aliphatic heterocycles. The van der Waals surface area contributed by atoms with Gasteiger partial charge in [-0.25, -0.2) is 0 Å². The van der Waals surface area contributed by atoms with E-state index in [0.29, 0.717) is 0 Å². The maximum atomic E-state index is 11.8. The number of hydrogen-bond acceptors (Lipinski definition) is 16. The van der Waals surface area contributed by atoms with E-state index in [1.54, 1.807) is 27.7 Å². The van der Waals surface area contributed by atoms with Crippen LogP contribution in [0.25, 0.3) is 0 Å². The molecule has 0 heterocycles. The van der Waals surface area contributed by atoms with Gasteiger partial charge in [-0.2, -0.15) is 0 Å². The summed E-state index contributed by atoms with van der Waals surface area (Å²) in [5.41, 5.74) is -5.30. The predicted octanol–water partition coefficient (Wildman–Crippen LogP) is 4.24. The minimum absolute atomic E-state index is 0.123. The smallest absolute Gasteiger partial charge is 0.320 e. The highest BCUT2D eigenvalue weighted by molar-refractivity contribution is 8.68. The average Bonchev–Trinajstić information content (AvgIpc) is 2.88. The molecule has 0 N–H and O–H groups in total. The second-order valence-electron chi connectivity index (χ2n) is 6.34. The Morgan fingerprint density at radius 1 is 0.579 bits per heavy atom. The van der Waals surface area contributed by atoms with Crippen LogP contribution in [0.4, 0.5) is 0 Å². The highest BCUT2D eigenvalue weighted by atomic mass is 32.9. The normalized spacial score (nSPS) is 12.8. The number of hydrogen-bond donors (Lipinski definition) is 0. The third-order valence-electron chi connectivity index (χ3n) is 3.82. The molecular formula is C20H38O12P2S4. The van der Waals surface area contributed by atoms with E-state index in [4.69, 9.17) is 60.7 Å². The third kappa shape index (κ3) is 17.4. The lowest BCUT2D eigenvalue weighted by Gasteiger charge is -2.21. The summed E-state index contributed by atoms with van der Waals surface area (Å²) < 4.78 is 39.8. The van der Waals surface area contributed by atoms with E-state index in [2.05, 4.69) is 0 Å². The summed E-state index contributed by atoms with van der Waals surface area (Å²) in [5.74, 6) is -2.02. The molecule has 18 heteroatoms. The van der Waals surface area contributed by atoms with Crippen molar-refractivity contribution >= 4 is 81.6 Å². The summed E-state index contributed by atoms with van der Waals surface area (Å²) in [6, 6.07) is 0. The summed E-state index contributed by atoms with van der Waals surface area (Å²) in [4.78, 5) is 46.6. The molecule has 224 valence electrons. The molecule has 0 aromatic heterocycles. The number of carbonyl (C=O) groups is 4. The fourth-order valence-corrected chi connectivity index (χ4v) is 9.90. The lowest BCUT2D eigenvalue weighted by Crippen LogP contribution is -2.24. The van der Waals surface area contributed by atoms with E-state index in [-0.39, 0.29) is 39.3 Å². The Labute approximate surface area is 243 Å². The first-order valence-electron chi connectivity index (χ1n) is 11.3. The van der Waals surface area contributed by atoms with E-state index in [0.717, 1.165) is 22.8 Å². The lowest BCUT2D eigenvalue weighted by atomic mass is 10.3. The molecule has 0 fully saturated rings. The molecule has 0 rings (SSSR count). The molecule has 38 heavy (non-hydrogen) atoms. The van der Waals surface area contributed by atoms with Crippen LogP contribution in [-0.2, 0) is 79.8 Å². The summed E-state index contributed by atoms with van der Waals surface area (Å²) in [5, 5.41) is -1.57. The van der Waals surface area contributed by atoms with Crippen molar-refractivity contribution in [3.8, 4) is 0 Å². The largest absolute Gasteiger partial charge is 0.466 e. The molecule has 12 nitrogen and oxygen atoms in total. The van der Waals surface area contributed by atoms with E-state index < -0.39 is 45.8 Å². The number of ether oxygens (including phenoxy) is 4. The van der Waals surface area contributed by atoms with Crippen LogP contribution in [0.3, 0.4) is 0 Å². The Hall–Kier alpha value is -0.280.